The van der Waals surface area contributed by atoms with E-state index in [2.05, 4.69) is 5.32 Å². The van der Waals surface area contributed by atoms with Crippen LogP contribution in [0.4, 0.5) is 4.79 Å². The van der Waals surface area contributed by atoms with Gasteiger partial charge in [-0.15, -0.1) is 0 Å². The average molecular weight is 379 g/mol. The maximum atomic E-state index is 12.8. The molecule has 2 aromatic carbocycles. The van der Waals surface area contributed by atoms with Gasteiger partial charge in [-0.3, -0.25) is 9.69 Å². The van der Waals surface area contributed by atoms with Crippen LogP contribution >= 0.6 is 23.2 Å². The van der Waals surface area contributed by atoms with E-state index in [4.69, 9.17) is 27.9 Å². The molecule has 1 atom stereocenters. The number of nitrogens with zero attached hydrogens (tertiary/aromatic N) is 1. The van der Waals surface area contributed by atoms with Crippen molar-refractivity contribution >= 4 is 35.1 Å². The van der Waals surface area contributed by atoms with Crippen LogP contribution in [-0.2, 0) is 10.3 Å². The zero-order valence-electron chi connectivity index (χ0n) is 13.5. The fourth-order valence-electron chi connectivity index (χ4n) is 2.75. The van der Waals surface area contributed by atoms with Gasteiger partial charge in [0.25, 0.3) is 5.91 Å². The second-order valence-electron chi connectivity index (χ2n) is 5.80. The van der Waals surface area contributed by atoms with Gasteiger partial charge in [-0.25, -0.2) is 4.79 Å². The molecule has 1 aliphatic heterocycles. The number of carbonyl (C=O) groups is 2. The van der Waals surface area contributed by atoms with Crippen LogP contribution in [-0.4, -0.2) is 30.0 Å². The number of hydrogen-bond donors (Lipinski definition) is 1. The molecule has 2 aromatic rings. The van der Waals surface area contributed by atoms with Gasteiger partial charge in [0.1, 0.15) is 17.9 Å². The molecule has 1 N–H and O–H groups in total. The predicted octanol–water partition coefficient (Wildman–Crippen LogP) is 3.84. The summed E-state index contributed by atoms with van der Waals surface area (Å²) in [5, 5.41) is 3.50. The lowest BCUT2D eigenvalue weighted by molar-refractivity contribution is -0.131. The molecular formula is C18H16Cl2N2O3. The van der Waals surface area contributed by atoms with Crippen LogP contribution in [0.2, 0.25) is 10.0 Å². The first kappa shape index (κ1) is 17.6. The molecule has 130 valence electrons. The quantitative estimate of drug-likeness (QED) is 0.804. The van der Waals surface area contributed by atoms with Crippen molar-refractivity contribution in [3.63, 3.8) is 0 Å². The normalized spacial score (nSPS) is 19.9. The Labute approximate surface area is 155 Å². The minimum Gasteiger partial charge on any atom is -0.492 e. The summed E-state index contributed by atoms with van der Waals surface area (Å²) in [4.78, 5) is 26.2. The first-order valence-corrected chi connectivity index (χ1v) is 8.45. The van der Waals surface area contributed by atoms with E-state index in [1.165, 1.54) is 0 Å². The first-order chi connectivity index (χ1) is 11.9. The molecule has 1 unspecified atom stereocenters. The van der Waals surface area contributed by atoms with Gasteiger partial charge in [-0.2, -0.15) is 0 Å². The summed E-state index contributed by atoms with van der Waals surface area (Å²) in [6.07, 6.45) is 0. The topological polar surface area (TPSA) is 58.6 Å². The van der Waals surface area contributed by atoms with E-state index in [1.54, 1.807) is 25.1 Å². The van der Waals surface area contributed by atoms with Gasteiger partial charge in [0.2, 0.25) is 0 Å². The van der Waals surface area contributed by atoms with E-state index < -0.39 is 11.6 Å². The average Bonchev–Trinajstić information content (AvgIpc) is 2.79. The molecule has 1 aliphatic rings. The minimum absolute atomic E-state index is 0.139. The van der Waals surface area contributed by atoms with E-state index in [1.807, 2.05) is 30.3 Å². The van der Waals surface area contributed by atoms with Gasteiger partial charge in [-0.05, 0) is 31.2 Å². The summed E-state index contributed by atoms with van der Waals surface area (Å²) >= 11 is 12.1. The molecular weight excluding hydrogens is 363 g/mol. The van der Waals surface area contributed by atoms with Crippen LogP contribution in [0, 0.1) is 0 Å². The van der Waals surface area contributed by atoms with Crippen LogP contribution in [0.1, 0.15) is 12.5 Å². The SMILES string of the molecule is CC1(c2ccc(Cl)cc2Cl)NC(=O)N(CCOc2ccccc2)C1=O. The third-order valence-corrected chi connectivity index (χ3v) is 4.62. The summed E-state index contributed by atoms with van der Waals surface area (Å²) in [6, 6.07) is 13.5. The van der Waals surface area contributed by atoms with Crippen LogP contribution < -0.4 is 10.1 Å². The molecule has 0 aliphatic carbocycles. The van der Waals surface area contributed by atoms with E-state index in [-0.39, 0.29) is 19.1 Å². The summed E-state index contributed by atoms with van der Waals surface area (Å²) in [5.74, 6) is 0.302. The lowest BCUT2D eigenvalue weighted by Gasteiger charge is -2.23. The molecule has 0 aromatic heterocycles. The fourth-order valence-corrected chi connectivity index (χ4v) is 3.35. The molecule has 0 saturated carbocycles. The zero-order valence-corrected chi connectivity index (χ0v) is 15.0. The molecule has 25 heavy (non-hydrogen) atoms. The molecule has 0 radical (unpaired) electrons. The lowest BCUT2D eigenvalue weighted by atomic mass is 9.92. The molecule has 5 nitrogen and oxygen atoms in total. The highest BCUT2D eigenvalue weighted by Crippen LogP contribution is 2.34. The van der Waals surface area contributed by atoms with Gasteiger partial charge in [0.15, 0.2) is 0 Å². The molecule has 3 rings (SSSR count). The third-order valence-electron chi connectivity index (χ3n) is 4.07. The van der Waals surface area contributed by atoms with Gasteiger partial charge in [-0.1, -0.05) is 47.5 Å². The van der Waals surface area contributed by atoms with Crippen molar-refractivity contribution in [2.75, 3.05) is 13.2 Å². The van der Waals surface area contributed by atoms with Gasteiger partial charge in [0.05, 0.1) is 6.54 Å². The number of urea groups is 1. The number of amides is 3. The lowest BCUT2D eigenvalue weighted by Crippen LogP contribution is -2.41. The molecule has 0 spiro atoms. The largest absolute Gasteiger partial charge is 0.492 e. The second-order valence-corrected chi connectivity index (χ2v) is 6.64. The number of nitrogens with one attached hydrogen (secondary N) is 1. The Balaban J connectivity index is 1.73. The van der Waals surface area contributed by atoms with E-state index in [0.29, 0.717) is 21.4 Å². The van der Waals surface area contributed by atoms with E-state index in [9.17, 15) is 9.59 Å². The Bertz CT molecular complexity index is 813. The van der Waals surface area contributed by atoms with Crippen LogP contribution in [0.15, 0.2) is 48.5 Å². The number of para-hydroxylation sites is 1. The second kappa shape index (κ2) is 6.94. The molecule has 3 amide bonds. The van der Waals surface area contributed by atoms with Crippen molar-refractivity contribution in [1.82, 2.24) is 10.2 Å². The first-order valence-electron chi connectivity index (χ1n) is 7.69. The summed E-state index contributed by atoms with van der Waals surface area (Å²) in [7, 11) is 0. The molecule has 1 heterocycles. The Morgan fingerprint density at radius 2 is 1.84 bits per heavy atom. The molecule has 1 fully saturated rings. The Kier molecular flexibility index (Phi) is 4.88. The fraction of sp³-hybridized carbons (Fsp3) is 0.222. The van der Waals surface area contributed by atoms with Gasteiger partial charge >= 0.3 is 6.03 Å². The maximum Gasteiger partial charge on any atom is 0.325 e. The van der Waals surface area contributed by atoms with Crippen LogP contribution in [0.25, 0.3) is 0 Å². The number of imide groups is 1. The number of halogens is 2. The number of hydrogen-bond acceptors (Lipinski definition) is 3. The van der Waals surface area contributed by atoms with Crippen molar-refractivity contribution in [2.24, 2.45) is 0 Å². The van der Waals surface area contributed by atoms with E-state index in [0.717, 1.165) is 4.90 Å². The van der Waals surface area contributed by atoms with Crippen molar-refractivity contribution in [3.05, 3.63) is 64.1 Å². The Hall–Kier alpha value is -2.24. The summed E-state index contributed by atoms with van der Waals surface area (Å²) in [6.45, 7) is 1.97. The van der Waals surface area contributed by atoms with Crippen LogP contribution in [0.3, 0.4) is 0 Å². The molecule has 0 bridgehead atoms. The maximum absolute atomic E-state index is 12.8. The van der Waals surface area contributed by atoms with Gasteiger partial charge in [0, 0.05) is 15.6 Å². The van der Waals surface area contributed by atoms with Crippen molar-refractivity contribution < 1.29 is 14.3 Å². The monoisotopic (exact) mass is 378 g/mol. The Morgan fingerprint density at radius 1 is 1.12 bits per heavy atom. The number of rotatable bonds is 5. The predicted molar refractivity (Wildman–Crippen MR) is 96.0 cm³/mol. The van der Waals surface area contributed by atoms with Crippen LogP contribution in [0.5, 0.6) is 5.75 Å². The number of benzene rings is 2. The van der Waals surface area contributed by atoms with Crippen molar-refractivity contribution in [3.8, 4) is 5.75 Å². The standard InChI is InChI=1S/C18H16Cl2N2O3/c1-18(14-8-7-12(19)11-15(14)20)16(23)22(17(24)21-18)9-10-25-13-5-3-2-4-6-13/h2-8,11H,9-10H2,1H3,(H,21,24). The molecule has 1 saturated heterocycles. The smallest absolute Gasteiger partial charge is 0.325 e. The number of ether oxygens (including phenoxy) is 1. The van der Waals surface area contributed by atoms with Gasteiger partial charge < -0.3 is 10.1 Å². The zero-order chi connectivity index (χ0) is 18.0. The van der Waals surface area contributed by atoms with E-state index >= 15 is 0 Å². The number of carbonyl (C=O) groups excluding carboxylic acids is 2. The third kappa shape index (κ3) is 3.43. The minimum atomic E-state index is -1.23. The highest BCUT2D eigenvalue weighted by Gasteiger charge is 2.49. The highest BCUT2D eigenvalue weighted by atomic mass is 35.5. The van der Waals surface area contributed by atoms with Crippen molar-refractivity contribution in [2.45, 2.75) is 12.5 Å². The summed E-state index contributed by atoms with van der Waals surface area (Å²) in [5.41, 5.74) is -0.728. The molecule has 7 heteroatoms. The highest BCUT2D eigenvalue weighted by molar-refractivity contribution is 6.35. The Morgan fingerprint density at radius 3 is 2.52 bits per heavy atom. The summed E-state index contributed by atoms with van der Waals surface area (Å²) < 4.78 is 5.56. The van der Waals surface area contributed by atoms with Crippen molar-refractivity contribution in [1.29, 1.82) is 0 Å².